The van der Waals surface area contributed by atoms with E-state index in [-0.39, 0.29) is 11.8 Å². The van der Waals surface area contributed by atoms with Crippen LogP contribution in [0.2, 0.25) is 0 Å². The molecule has 8 heteroatoms. The van der Waals surface area contributed by atoms with Gasteiger partial charge in [-0.15, -0.1) is 0 Å². The van der Waals surface area contributed by atoms with E-state index in [2.05, 4.69) is 25.7 Å². The van der Waals surface area contributed by atoms with Gasteiger partial charge in [0.25, 0.3) is 0 Å². The molecule has 168 valence electrons. The Bertz CT molecular complexity index is 1350. The quantitative estimate of drug-likeness (QED) is 0.477. The highest BCUT2D eigenvalue weighted by Crippen LogP contribution is 2.27. The summed E-state index contributed by atoms with van der Waals surface area (Å²) in [4.78, 5) is 32.6. The molecule has 0 radical (unpaired) electrons. The SMILES string of the molecule is CC(=O)Nc1ccc(-c2ccc3nc(-c4ccc(C)c(NC(=O)C(C)(C)C)c4)cn3n2)cn1. The summed E-state index contributed by atoms with van der Waals surface area (Å²) in [5.41, 5.74) is 5.17. The summed E-state index contributed by atoms with van der Waals surface area (Å²) >= 11 is 0. The van der Waals surface area contributed by atoms with Crippen molar-refractivity contribution in [3.05, 3.63) is 60.4 Å². The van der Waals surface area contributed by atoms with Crippen LogP contribution in [0.1, 0.15) is 33.3 Å². The molecule has 0 saturated heterocycles. The maximum Gasteiger partial charge on any atom is 0.229 e. The van der Waals surface area contributed by atoms with E-state index in [9.17, 15) is 9.59 Å². The standard InChI is InChI=1S/C25H26N6O2/c1-15-6-7-17(12-20(15)29-24(33)25(3,4)5)21-14-31-23(28-21)11-9-19(30-31)18-8-10-22(26-13-18)27-16(2)32/h6-14H,1-5H3,(H,29,33)(H,26,27,32). The summed E-state index contributed by atoms with van der Waals surface area (Å²) in [6.45, 7) is 9.06. The second-order valence-electron chi connectivity index (χ2n) is 8.99. The first-order valence-electron chi connectivity index (χ1n) is 10.6. The van der Waals surface area contributed by atoms with Crippen molar-refractivity contribution in [1.29, 1.82) is 0 Å². The third-order valence-electron chi connectivity index (χ3n) is 5.15. The number of pyridine rings is 1. The van der Waals surface area contributed by atoms with Crippen molar-refractivity contribution in [3.8, 4) is 22.5 Å². The number of imidazole rings is 1. The van der Waals surface area contributed by atoms with E-state index in [4.69, 9.17) is 0 Å². The summed E-state index contributed by atoms with van der Waals surface area (Å²) in [7, 11) is 0. The summed E-state index contributed by atoms with van der Waals surface area (Å²) in [5.74, 6) is 0.283. The number of benzene rings is 1. The Morgan fingerprint density at radius 2 is 1.70 bits per heavy atom. The molecule has 8 nitrogen and oxygen atoms in total. The predicted molar refractivity (Wildman–Crippen MR) is 129 cm³/mol. The van der Waals surface area contributed by atoms with Gasteiger partial charge in [0.1, 0.15) is 5.82 Å². The molecule has 0 atom stereocenters. The first-order chi connectivity index (χ1) is 15.6. The number of amides is 2. The molecule has 0 aliphatic heterocycles. The number of hydrogen-bond donors (Lipinski definition) is 2. The van der Waals surface area contributed by atoms with Crippen molar-refractivity contribution < 1.29 is 9.59 Å². The lowest BCUT2D eigenvalue weighted by Crippen LogP contribution is -2.27. The van der Waals surface area contributed by atoms with Gasteiger partial charge in [0, 0.05) is 35.3 Å². The van der Waals surface area contributed by atoms with Gasteiger partial charge >= 0.3 is 0 Å². The molecule has 0 saturated carbocycles. The first-order valence-corrected chi connectivity index (χ1v) is 10.6. The molecule has 3 heterocycles. The van der Waals surface area contributed by atoms with Crippen molar-refractivity contribution in [2.24, 2.45) is 5.41 Å². The van der Waals surface area contributed by atoms with Gasteiger partial charge in [-0.1, -0.05) is 32.9 Å². The average Bonchev–Trinajstić information content (AvgIpc) is 3.18. The molecule has 3 aromatic heterocycles. The van der Waals surface area contributed by atoms with Crippen LogP contribution < -0.4 is 10.6 Å². The van der Waals surface area contributed by atoms with Crippen LogP contribution in [-0.2, 0) is 9.59 Å². The molecule has 0 unspecified atom stereocenters. The molecule has 0 aliphatic rings. The van der Waals surface area contributed by atoms with Gasteiger partial charge in [0.2, 0.25) is 11.8 Å². The highest BCUT2D eigenvalue weighted by Gasteiger charge is 2.22. The zero-order valence-electron chi connectivity index (χ0n) is 19.3. The van der Waals surface area contributed by atoms with Gasteiger partial charge < -0.3 is 10.6 Å². The third kappa shape index (κ3) is 4.90. The van der Waals surface area contributed by atoms with E-state index in [1.54, 1.807) is 16.8 Å². The number of carbonyl (C=O) groups excluding carboxylic acids is 2. The van der Waals surface area contributed by atoms with Gasteiger partial charge in [0.15, 0.2) is 5.65 Å². The maximum atomic E-state index is 12.5. The molecular weight excluding hydrogens is 416 g/mol. The number of carbonyl (C=O) groups is 2. The van der Waals surface area contributed by atoms with E-state index in [1.807, 2.05) is 70.3 Å². The molecular formula is C25H26N6O2. The maximum absolute atomic E-state index is 12.5. The van der Waals surface area contributed by atoms with Crippen molar-refractivity contribution >= 4 is 29.0 Å². The highest BCUT2D eigenvalue weighted by molar-refractivity contribution is 5.95. The van der Waals surface area contributed by atoms with Gasteiger partial charge in [-0.3, -0.25) is 9.59 Å². The normalized spacial score (nSPS) is 11.4. The Morgan fingerprint density at radius 3 is 2.36 bits per heavy atom. The van der Waals surface area contributed by atoms with E-state index in [1.165, 1.54) is 6.92 Å². The number of aryl methyl sites for hydroxylation is 1. The minimum atomic E-state index is -0.485. The number of nitrogens with zero attached hydrogens (tertiary/aromatic N) is 4. The first kappa shape index (κ1) is 22.1. The number of hydrogen-bond acceptors (Lipinski definition) is 5. The van der Waals surface area contributed by atoms with Gasteiger partial charge in [-0.05, 0) is 42.8 Å². The van der Waals surface area contributed by atoms with Crippen LogP contribution >= 0.6 is 0 Å². The number of nitrogens with one attached hydrogen (secondary N) is 2. The van der Waals surface area contributed by atoms with Crippen molar-refractivity contribution in [2.45, 2.75) is 34.6 Å². The van der Waals surface area contributed by atoms with Gasteiger partial charge in [0.05, 0.1) is 17.6 Å². The molecule has 4 rings (SSSR count). The highest BCUT2D eigenvalue weighted by atomic mass is 16.2. The second kappa shape index (κ2) is 8.46. The molecule has 2 amide bonds. The zero-order valence-corrected chi connectivity index (χ0v) is 19.3. The summed E-state index contributed by atoms with van der Waals surface area (Å²) < 4.78 is 1.72. The molecule has 0 fully saturated rings. The fourth-order valence-electron chi connectivity index (χ4n) is 3.20. The molecule has 0 spiro atoms. The Hall–Kier alpha value is -4.07. The van der Waals surface area contributed by atoms with Crippen molar-refractivity contribution in [3.63, 3.8) is 0 Å². The van der Waals surface area contributed by atoms with Gasteiger partial charge in [-0.25, -0.2) is 14.5 Å². The minimum Gasteiger partial charge on any atom is -0.325 e. The van der Waals surface area contributed by atoms with Crippen molar-refractivity contribution in [1.82, 2.24) is 19.6 Å². The number of aromatic nitrogens is 4. The largest absolute Gasteiger partial charge is 0.325 e. The average molecular weight is 443 g/mol. The summed E-state index contributed by atoms with van der Waals surface area (Å²) in [5, 5.41) is 10.3. The van der Waals surface area contributed by atoms with E-state index in [0.717, 1.165) is 33.8 Å². The Morgan fingerprint density at radius 1 is 0.939 bits per heavy atom. The molecule has 0 bridgehead atoms. The van der Waals surface area contributed by atoms with Crippen molar-refractivity contribution in [2.75, 3.05) is 10.6 Å². The number of fused-ring (bicyclic) bond motifs is 1. The van der Waals surface area contributed by atoms with Crippen LogP contribution in [0.15, 0.2) is 54.9 Å². The molecule has 1 aromatic carbocycles. The van der Waals surface area contributed by atoms with Gasteiger partial charge in [-0.2, -0.15) is 5.10 Å². The van der Waals surface area contributed by atoms with E-state index >= 15 is 0 Å². The molecule has 0 aliphatic carbocycles. The summed E-state index contributed by atoms with van der Waals surface area (Å²) in [6, 6.07) is 13.3. The summed E-state index contributed by atoms with van der Waals surface area (Å²) in [6.07, 6.45) is 3.53. The van der Waals surface area contributed by atoms with Crippen LogP contribution in [-0.4, -0.2) is 31.4 Å². The van der Waals surface area contributed by atoms with E-state index in [0.29, 0.717) is 11.5 Å². The number of rotatable bonds is 4. The minimum absolute atomic E-state index is 0.0396. The smallest absolute Gasteiger partial charge is 0.229 e. The zero-order chi connectivity index (χ0) is 23.8. The Labute approximate surface area is 192 Å². The van der Waals surface area contributed by atoms with Crippen LogP contribution in [0.4, 0.5) is 11.5 Å². The third-order valence-corrected chi connectivity index (χ3v) is 5.15. The Kier molecular flexibility index (Phi) is 5.68. The fourth-order valence-corrected chi connectivity index (χ4v) is 3.20. The van der Waals surface area contributed by atoms with E-state index < -0.39 is 5.41 Å². The van der Waals surface area contributed by atoms with Crippen LogP contribution in [0, 0.1) is 12.3 Å². The molecule has 4 aromatic rings. The lowest BCUT2D eigenvalue weighted by molar-refractivity contribution is -0.123. The predicted octanol–water partition coefficient (Wildman–Crippen LogP) is 4.71. The second-order valence-corrected chi connectivity index (χ2v) is 8.99. The van der Waals surface area contributed by atoms with Crippen LogP contribution in [0.3, 0.4) is 0 Å². The fraction of sp³-hybridized carbons (Fsp3) is 0.240. The Balaban J connectivity index is 1.63. The van der Waals surface area contributed by atoms with Crippen LogP contribution in [0.5, 0.6) is 0 Å². The van der Waals surface area contributed by atoms with Crippen LogP contribution in [0.25, 0.3) is 28.2 Å². The monoisotopic (exact) mass is 442 g/mol. The molecule has 2 N–H and O–H groups in total. The molecule has 33 heavy (non-hydrogen) atoms. The number of anilines is 2. The lowest BCUT2D eigenvalue weighted by atomic mass is 9.95. The topological polar surface area (TPSA) is 101 Å². The lowest BCUT2D eigenvalue weighted by Gasteiger charge is -2.19.